The summed E-state index contributed by atoms with van der Waals surface area (Å²) in [4.78, 5) is 13.3. The maximum absolute atomic E-state index is 12.2. The maximum atomic E-state index is 12.2. The average Bonchev–Trinajstić information content (AvgIpc) is 3.32. The van der Waals surface area contributed by atoms with Crippen molar-refractivity contribution >= 4 is 21.7 Å². The van der Waals surface area contributed by atoms with Crippen molar-refractivity contribution in [3.05, 3.63) is 12.4 Å². The first-order valence-electron chi connectivity index (χ1n) is 8.95. The number of rotatable bonds is 5. The lowest BCUT2D eigenvalue weighted by atomic mass is 10.1. The van der Waals surface area contributed by atoms with Crippen LogP contribution in [-0.2, 0) is 10.0 Å². The Hall–Kier alpha value is -1.41. The lowest BCUT2D eigenvalue weighted by Crippen LogP contribution is -2.48. The molecular formula is C16H25N5O2S. The lowest BCUT2D eigenvalue weighted by Gasteiger charge is -2.34. The Morgan fingerprint density at radius 2 is 1.62 bits per heavy atom. The van der Waals surface area contributed by atoms with Gasteiger partial charge in [0.05, 0.1) is 5.25 Å². The van der Waals surface area contributed by atoms with Crippen LogP contribution in [0.4, 0.5) is 11.6 Å². The van der Waals surface area contributed by atoms with Crippen LogP contribution in [0.3, 0.4) is 0 Å². The molecule has 0 spiro atoms. The van der Waals surface area contributed by atoms with Crippen LogP contribution >= 0.6 is 0 Å². The lowest BCUT2D eigenvalue weighted by molar-refractivity contribution is 0.463. The van der Waals surface area contributed by atoms with Crippen LogP contribution < -0.4 is 14.5 Å². The predicted molar refractivity (Wildman–Crippen MR) is 93.8 cm³/mol. The Bertz CT molecular complexity index is 685. The molecule has 3 aliphatic rings. The molecule has 2 saturated heterocycles. The van der Waals surface area contributed by atoms with Crippen molar-refractivity contribution < 1.29 is 8.42 Å². The van der Waals surface area contributed by atoms with Gasteiger partial charge in [0.15, 0.2) is 0 Å². The minimum atomic E-state index is -3.13. The number of aromatic nitrogens is 2. The van der Waals surface area contributed by atoms with E-state index in [0.29, 0.717) is 6.54 Å². The van der Waals surface area contributed by atoms with Gasteiger partial charge in [-0.2, -0.15) is 0 Å². The number of sulfonamides is 1. The fourth-order valence-electron chi connectivity index (χ4n) is 3.62. The molecule has 7 nitrogen and oxygen atoms in total. The molecule has 0 aromatic carbocycles. The Morgan fingerprint density at radius 3 is 2.33 bits per heavy atom. The van der Waals surface area contributed by atoms with Crippen LogP contribution in [0.1, 0.15) is 38.5 Å². The summed E-state index contributed by atoms with van der Waals surface area (Å²) in [5.74, 6) is 1.89. The summed E-state index contributed by atoms with van der Waals surface area (Å²) >= 11 is 0. The second-order valence-corrected chi connectivity index (χ2v) is 9.07. The van der Waals surface area contributed by atoms with Gasteiger partial charge in [0.2, 0.25) is 10.0 Å². The molecular weight excluding hydrogens is 326 g/mol. The smallest absolute Gasteiger partial charge is 0.214 e. The maximum Gasteiger partial charge on any atom is 0.214 e. The number of hydrogen-bond acceptors (Lipinski definition) is 6. The molecule has 1 N–H and O–H groups in total. The van der Waals surface area contributed by atoms with E-state index in [1.54, 1.807) is 6.33 Å². The standard InChI is InChI=1S/C16H25N5O2S/c22-24(23,14-5-6-14)19-13-4-3-9-21(11-13)16-10-15(17-12-18-16)20-7-1-2-8-20/h10,12-14,19H,1-9,11H2. The van der Waals surface area contributed by atoms with Crippen molar-refractivity contribution in [2.45, 2.75) is 49.8 Å². The van der Waals surface area contributed by atoms with E-state index in [1.165, 1.54) is 12.8 Å². The molecule has 0 amide bonds. The normalized spacial score (nSPS) is 25.2. The zero-order valence-corrected chi connectivity index (χ0v) is 14.7. The molecule has 1 saturated carbocycles. The number of piperidine rings is 1. The molecule has 132 valence electrons. The Morgan fingerprint density at radius 1 is 0.958 bits per heavy atom. The Kier molecular flexibility index (Phi) is 4.34. The van der Waals surface area contributed by atoms with E-state index in [4.69, 9.17) is 0 Å². The van der Waals surface area contributed by atoms with Crippen LogP contribution in [0, 0.1) is 0 Å². The molecule has 2 aliphatic heterocycles. The van der Waals surface area contributed by atoms with Gasteiger partial charge in [0.25, 0.3) is 0 Å². The van der Waals surface area contributed by atoms with E-state index >= 15 is 0 Å². The van der Waals surface area contributed by atoms with Gasteiger partial charge in [0.1, 0.15) is 18.0 Å². The predicted octanol–water partition coefficient (Wildman–Crippen LogP) is 1.13. The van der Waals surface area contributed by atoms with Crippen molar-refractivity contribution in [3.63, 3.8) is 0 Å². The third kappa shape index (κ3) is 3.49. The first-order valence-corrected chi connectivity index (χ1v) is 10.5. The van der Waals surface area contributed by atoms with Gasteiger partial charge in [-0.1, -0.05) is 0 Å². The fraction of sp³-hybridized carbons (Fsp3) is 0.750. The summed E-state index contributed by atoms with van der Waals surface area (Å²) in [5, 5.41) is -0.159. The zero-order valence-electron chi connectivity index (χ0n) is 13.9. The van der Waals surface area contributed by atoms with Gasteiger partial charge in [0, 0.05) is 38.3 Å². The summed E-state index contributed by atoms with van der Waals surface area (Å²) < 4.78 is 27.2. The Labute approximate surface area is 143 Å². The van der Waals surface area contributed by atoms with E-state index in [2.05, 4.69) is 24.5 Å². The van der Waals surface area contributed by atoms with Crippen LogP contribution in [0.5, 0.6) is 0 Å². The van der Waals surface area contributed by atoms with E-state index in [9.17, 15) is 8.42 Å². The van der Waals surface area contributed by atoms with Gasteiger partial charge in [-0.15, -0.1) is 0 Å². The van der Waals surface area contributed by atoms with Crippen molar-refractivity contribution in [1.82, 2.24) is 14.7 Å². The van der Waals surface area contributed by atoms with Crippen LogP contribution in [0.2, 0.25) is 0 Å². The molecule has 0 radical (unpaired) electrons. The molecule has 3 fully saturated rings. The third-order valence-electron chi connectivity index (χ3n) is 5.11. The van der Waals surface area contributed by atoms with Gasteiger partial charge in [-0.3, -0.25) is 0 Å². The van der Waals surface area contributed by atoms with Crippen molar-refractivity contribution in [2.24, 2.45) is 0 Å². The summed E-state index contributed by atoms with van der Waals surface area (Å²) in [6.45, 7) is 3.71. The minimum absolute atomic E-state index is 0.0189. The van der Waals surface area contributed by atoms with Crippen LogP contribution in [0.15, 0.2) is 12.4 Å². The molecule has 1 aromatic rings. The first kappa shape index (κ1) is 16.1. The number of hydrogen-bond donors (Lipinski definition) is 1. The number of nitrogens with zero attached hydrogens (tertiary/aromatic N) is 4. The summed E-state index contributed by atoms with van der Waals surface area (Å²) in [5.41, 5.74) is 0. The second kappa shape index (κ2) is 6.48. The van der Waals surface area contributed by atoms with Crippen LogP contribution in [0.25, 0.3) is 0 Å². The quantitative estimate of drug-likeness (QED) is 0.857. The Balaban J connectivity index is 1.44. The van der Waals surface area contributed by atoms with Gasteiger partial charge >= 0.3 is 0 Å². The van der Waals surface area contributed by atoms with Gasteiger partial charge in [-0.25, -0.2) is 23.1 Å². The summed E-state index contributed by atoms with van der Waals surface area (Å²) in [7, 11) is -3.13. The zero-order chi connectivity index (χ0) is 16.6. The summed E-state index contributed by atoms with van der Waals surface area (Å²) in [6, 6.07) is 2.03. The summed E-state index contributed by atoms with van der Waals surface area (Å²) in [6.07, 6.45) is 7.53. The van der Waals surface area contributed by atoms with Crippen molar-refractivity contribution in [2.75, 3.05) is 36.0 Å². The molecule has 3 heterocycles. The average molecular weight is 351 g/mol. The largest absolute Gasteiger partial charge is 0.356 e. The van der Waals surface area contributed by atoms with Gasteiger partial charge in [-0.05, 0) is 38.5 Å². The van der Waals surface area contributed by atoms with E-state index in [0.717, 1.165) is 57.0 Å². The highest BCUT2D eigenvalue weighted by Gasteiger charge is 2.37. The van der Waals surface area contributed by atoms with Crippen molar-refractivity contribution in [1.29, 1.82) is 0 Å². The highest BCUT2D eigenvalue weighted by molar-refractivity contribution is 7.90. The van der Waals surface area contributed by atoms with Crippen molar-refractivity contribution in [3.8, 4) is 0 Å². The molecule has 1 aromatic heterocycles. The molecule has 1 unspecified atom stereocenters. The molecule has 1 aliphatic carbocycles. The molecule has 1 atom stereocenters. The number of nitrogens with one attached hydrogen (secondary N) is 1. The SMILES string of the molecule is O=S(=O)(NC1CCCN(c2cc(N3CCCC3)ncn2)C1)C1CC1. The third-order valence-corrected chi connectivity index (χ3v) is 7.12. The topological polar surface area (TPSA) is 78.4 Å². The van der Waals surface area contributed by atoms with E-state index in [1.807, 2.05) is 6.07 Å². The number of anilines is 2. The first-order chi connectivity index (χ1) is 11.6. The highest BCUT2D eigenvalue weighted by atomic mass is 32.2. The molecule has 4 rings (SSSR count). The van der Waals surface area contributed by atoms with E-state index < -0.39 is 10.0 Å². The monoisotopic (exact) mass is 351 g/mol. The molecule has 8 heteroatoms. The molecule has 24 heavy (non-hydrogen) atoms. The second-order valence-electron chi connectivity index (χ2n) is 7.08. The van der Waals surface area contributed by atoms with Crippen LogP contribution in [-0.4, -0.2) is 55.9 Å². The van der Waals surface area contributed by atoms with E-state index in [-0.39, 0.29) is 11.3 Å². The molecule has 0 bridgehead atoms. The fourth-order valence-corrected chi connectivity index (χ4v) is 5.22. The minimum Gasteiger partial charge on any atom is -0.356 e. The highest BCUT2D eigenvalue weighted by Crippen LogP contribution is 2.29. The van der Waals surface area contributed by atoms with Gasteiger partial charge < -0.3 is 9.80 Å².